The van der Waals surface area contributed by atoms with Gasteiger partial charge >= 0.3 is 0 Å². The summed E-state index contributed by atoms with van der Waals surface area (Å²) in [7, 11) is 0. The second-order valence-corrected chi connectivity index (χ2v) is 5.33. The number of rotatable bonds is 3. The van der Waals surface area contributed by atoms with Crippen molar-refractivity contribution < 1.29 is 4.39 Å². The van der Waals surface area contributed by atoms with E-state index < -0.39 is 0 Å². The van der Waals surface area contributed by atoms with E-state index in [1.165, 1.54) is 25.0 Å². The summed E-state index contributed by atoms with van der Waals surface area (Å²) < 4.78 is 12.9. The van der Waals surface area contributed by atoms with Gasteiger partial charge in [-0.2, -0.15) is 0 Å². The van der Waals surface area contributed by atoms with Gasteiger partial charge in [0, 0.05) is 30.9 Å². The highest BCUT2D eigenvalue weighted by atomic mass is 19.1. The van der Waals surface area contributed by atoms with Crippen LogP contribution in [0.4, 0.5) is 4.39 Å². The molecule has 0 N–H and O–H groups in total. The standard InChI is InChI=1S/C16H18FN3/c17-15-5-3-13(4-6-15)10-20-9-1-2-14(11-20)16-7-8-18-12-19-16/h3-8,12,14H,1-2,9-11H2/t14-/m1/s1. The molecule has 1 aromatic heterocycles. The predicted octanol–water partition coefficient (Wildman–Crippen LogP) is 3.00. The summed E-state index contributed by atoms with van der Waals surface area (Å²) in [5, 5.41) is 0. The normalized spacial score (nSPS) is 19.9. The topological polar surface area (TPSA) is 29.0 Å². The van der Waals surface area contributed by atoms with Crippen molar-refractivity contribution in [3.05, 3.63) is 59.9 Å². The monoisotopic (exact) mass is 271 g/mol. The second kappa shape index (κ2) is 6.09. The van der Waals surface area contributed by atoms with Gasteiger partial charge in [-0.25, -0.2) is 14.4 Å². The summed E-state index contributed by atoms with van der Waals surface area (Å²) in [5.41, 5.74) is 2.29. The van der Waals surface area contributed by atoms with E-state index >= 15 is 0 Å². The number of hydrogen-bond acceptors (Lipinski definition) is 3. The summed E-state index contributed by atoms with van der Waals surface area (Å²) in [6, 6.07) is 8.79. The average molecular weight is 271 g/mol. The first-order valence-corrected chi connectivity index (χ1v) is 7.04. The Labute approximate surface area is 118 Å². The maximum absolute atomic E-state index is 12.9. The summed E-state index contributed by atoms with van der Waals surface area (Å²) in [6.45, 7) is 2.98. The van der Waals surface area contributed by atoms with Crippen LogP contribution in [0.25, 0.3) is 0 Å². The number of halogens is 1. The number of aromatic nitrogens is 2. The molecule has 1 aromatic carbocycles. The van der Waals surface area contributed by atoms with Gasteiger partial charge in [0.25, 0.3) is 0 Å². The van der Waals surface area contributed by atoms with E-state index in [1.807, 2.05) is 18.2 Å². The minimum Gasteiger partial charge on any atom is -0.298 e. The van der Waals surface area contributed by atoms with Gasteiger partial charge < -0.3 is 0 Å². The molecular formula is C16H18FN3. The van der Waals surface area contributed by atoms with E-state index in [0.29, 0.717) is 5.92 Å². The molecule has 0 amide bonds. The number of hydrogen-bond donors (Lipinski definition) is 0. The van der Waals surface area contributed by atoms with E-state index in [-0.39, 0.29) is 5.82 Å². The minimum atomic E-state index is -0.175. The molecule has 1 fully saturated rings. The van der Waals surface area contributed by atoms with Crippen LogP contribution in [0.15, 0.2) is 42.9 Å². The molecule has 1 saturated heterocycles. The lowest BCUT2D eigenvalue weighted by Gasteiger charge is -2.32. The zero-order chi connectivity index (χ0) is 13.8. The third-order valence-corrected chi connectivity index (χ3v) is 3.85. The molecule has 3 nitrogen and oxygen atoms in total. The molecule has 2 heterocycles. The number of benzene rings is 1. The SMILES string of the molecule is Fc1ccc(CN2CCC[C@@H](c3ccncn3)C2)cc1. The van der Waals surface area contributed by atoms with E-state index in [0.717, 1.165) is 30.9 Å². The predicted molar refractivity (Wildman–Crippen MR) is 75.7 cm³/mol. The van der Waals surface area contributed by atoms with Gasteiger partial charge in [0.2, 0.25) is 0 Å². The first-order chi connectivity index (χ1) is 9.81. The van der Waals surface area contributed by atoms with E-state index in [4.69, 9.17) is 0 Å². The zero-order valence-corrected chi connectivity index (χ0v) is 11.4. The lowest BCUT2D eigenvalue weighted by molar-refractivity contribution is 0.198. The number of likely N-dealkylation sites (tertiary alicyclic amines) is 1. The van der Waals surface area contributed by atoms with Gasteiger partial charge in [0.15, 0.2) is 0 Å². The second-order valence-electron chi connectivity index (χ2n) is 5.33. The van der Waals surface area contributed by atoms with Gasteiger partial charge in [-0.1, -0.05) is 12.1 Å². The third kappa shape index (κ3) is 3.20. The van der Waals surface area contributed by atoms with Crippen molar-refractivity contribution in [1.29, 1.82) is 0 Å². The van der Waals surface area contributed by atoms with Gasteiger partial charge in [0.1, 0.15) is 12.1 Å². The molecule has 1 atom stereocenters. The van der Waals surface area contributed by atoms with Crippen LogP contribution in [0.3, 0.4) is 0 Å². The molecule has 104 valence electrons. The van der Waals surface area contributed by atoms with E-state index in [1.54, 1.807) is 12.5 Å². The quantitative estimate of drug-likeness (QED) is 0.859. The van der Waals surface area contributed by atoms with Crippen LogP contribution in [-0.2, 0) is 6.54 Å². The highest BCUT2D eigenvalue weighted by Crippen LogP contribution is 2.26. The van der Waals surface area contributed by atoms with E-state index in [9.17, 15) is 4.39 Å². The van der Waals surface area contributed by atoms with Crippen LogP contribution in [0, 0.1) is 5.82 Å². The highest BCUT2D eigenvalue weighted by Gasteiger charge is 2.22. The smallest absolute Gasteiger partial charge is 0.123 e. The molecule has 20 heavy (non-hydrogen) atoms. The van der Waals surface area contributed by atoms with Gasteiger partial charge in [-0.3, -0.25) is 4.90 Å². The van der Waals surface area contributed by atoms with Crippen LogP contribution < -0.4 is 0 Å². The fraction of sp³-hybridized carbons (Fsp3) is 0.375. The van der Waals surface area contributed by atoms with E-state index in [2.05, 4.69) is 14.9 Å². The summed E-state index contributed by atoms with van der Waals surface area (Å²) >= 11 is 0. The van der Waals surface area contributed by atoms with Crippen molar-refractivity contribution >= 4 is 0 Å². The van der Waals surface area contributed by atoms with Crippen molar-refractivity contribution in [2.75, 3.05) is 13.1 Å². The van der Waals surface area contributed by atoms with Crippen LogP contribution in [0.5, 0.6) is 0 Å². The fourth-order valence-electron chi connectivity index (χ4n) is 2.83. The maximum atomic E-state index is 12.9. The number of piperidine rings is 1. The highest BCUT2D eigenvalue weighted by molar-refractivity contribution is 5.16. The molecule has 0 saturated carbocycles. The largest absolute Gasteiger partial charge is 0.298 e. The summed E-state index contributed by atoms with van der Waals surface area (Å²) in [6.07, 6.45) is 5.78. The lowest BCUT2D eigenvalue weighted by Crippen LogP contribution is -2.34. The molecule has 0 unspecified atom stereocenters. The maximum Gasteiger partial charge on any atom is 0.123 e. The Balaban J connectivity index is 1.65. The van der Waals surface area contributed by atoms with Gasteiger partial charge in [-0.05, 0) is 43.1 Å². The summed E-state index contributed by atoms with van der Waals surface area (Å²) in [4.78, 5) is 10.8. The molecule has 0 bridgehead atoms. The molecule has 0 spiro atoms. The van der Waals surface area contributed by atoms with Gasteiger partial charge in [-0.15, -0.1) is 0 Å². The Morgan fingerprint density at radius 3 is 2.80 bits per heavy atom. The molecule has 0 radical (unpaired) electrons. The van der Waals surface area contributed by atoms with Crippen LogP contribution >= 0.6 is 0 Å². The minimum absolute atomic E-state index is 0.175. The fourth-order valence-corrected chi connectivity index (χ4v) is 2.83. The molecule has 4 heteroatoms. The molecule has 2 aromatic rings. The molecular weight excluding hydrogens is 253 g/mol. The Bertz CT molecular complexity index is 541. The molecule has 1 aliphatic heterocycles. The average Bonchev–Trinajstić information content (AvgIpc) is 2.51. The van der Waals surface area contributed by atoms with Crippen molar-refractivity contribution in [2.45, 2.75) is 25.3 Å². The number of nitrogens with zero attached hydrogens (tertiary/aromatic N) is 3. The summed E-state index contributed by atoms with van der Waals surface area (Å²) in [5.74, 6) is 0.304. The first-order valence-electron chi connectivity index (χ1n) is 7.04. The zero-order valence-electron chi connectivity index (χ0n) is 11.4. The van der Waals surface area contributed by atoms with Crippen molar-refractivity contribution in [3.63, 3.8) is 0 Å². The Kier molecular flexibility index (Phi) is 4.02. The molecule has 3 rings (SSSR count). The Morgan fingerprint density at radius 2 is 2.05 bits per heavy atom. The van der Waals surface area contributed by atoms with Crippen molar-refractivity contribution in [3.8, 4) is 0 Å². The van der Waals surface area contributed by atoms with Gasteiger partial charge in [0.05, 0.1) is 0 Å². The Hall–Kier alpha value is -1.81. The van der Waals surface area contributed by atoms with Crippen LogP contribution in [0.2, 0.25) is 0 Å². The Morgan fingerprint density at radius 1 is 1.20 bits per heavy atom. The lowest BCUT2D eigenvalue weighted by atomic mass is 9.94. The first kappa shape index (κ1) is 13.2. The molecule has 0 aliphatic carbocycles. The van der Waals surface area contributed by atoms with Crippen molar-refractivity contribution in [2.24, 2.45) is 0 Å². The molecule has 1 aliphatic rings. The van der Waals surface area contributed by atoms with Crippen LogP contribution in [0.1, 0.15) is 30.0 Å². The van der Waals surface area contributed by atoms with Crippen molar-refractivity contribution in [1.82, 2.24) is 14.9 Å². The third-order valence-electron chi connectivity index (χ3n) is 3.85. The van der Waals surface area contributed by atoms with Crippen LogP contribution in [-0.4, -0.2) is 28.0 Å².